The number of benzene rings is 4. The predicted molar refractivity (Wildman–Crippen MR) is 140 cm³/mol. The molecule has 168 valence electrons. The van der Waals surface area contributed by atoms with E-state index in [1.54, 1.807) is 10.6 Å². The normalized spacial score (nSPS) is 11.4. The Hall–Kier alpha value is -3.70. The number of fused-ring (bicyclic) bond motifs is 2. The third-order valence-corrected chi connectivity index (χ3v) is 6.91. The molecule has 0 fully saturated rings. The predicted octanol–water partition coefficient (Wildman–Crippen LogP) is 6.64. The van der Waals surface area contributed by atoms with Crippen LogP contribution in [-0.4, -0.2) is 21.1 Å². The van der Waals surface area contributed by atoms with Crippen molar-refractivity contribution < 1.29 is 4.79 Å². The van der Waals surface area contributed by atoms with Crippen molar-refractivity contribution in [2.75, 3.05) is 5.75 Å². The van der Waals surface area contributed by atoms with Crippen LogP contribution in [0.4, 0.5) is 0 Å². The molecule has 5 rings (SSSR count). The summed E-state index contributed by atoms with van der Waals surface area (Å²) in [7, 11) is 0. The van der Waals surface area contributed by atoms with Crippen molar-refractivity contribution in [3.05, 3.63) is 112 Å². The molecule has 0 aliphatic heterocycles. The van der Waals surface area contributed by atoms with Gasteiger partial charge in [0.25, 0.3) is 5.56 Å². The van der Waals surface area contributed by atoms with E-state index in [0.29, 0.717) is 21.6 Å². The molecule has 0 spiro atoms. The van der Waals surface area contributed by atoms with Crippen LogP contribution in [-0.2, 0) is 0 Å². The van der Waals surface area contributed by atoms with Crippen molar-refractivity contribution in [2.45, 2.75) is 24.9 Å². The molecule has 0 radical (unpaired) electrons. The molecular weight excluding hydrogens is 440 g/mol. The molecule has 4 aromatic carbocycles. The second kappa shape index (κ2) is 9.27. The molecular formula is C29H24N2O2S. The highest BCUT2D eigenvalue weighted by atomic mass is 32.2. The Balaban J connectivity index is 1.60. The molecule has 5 heteroatoms. The number of thioether (sulfide) groups is 1. The number of aromatic nitrogens is 2. The van der Waals surface area contributed by atoms with Gasteiger partial charge in [-0.25, -0.2) is 4.98 Å². The number of carbonyl (C=O) groups is 1. The van der Waals surface area contributed by atoms with Crippen LogP contribution in [0, 0.1) is 0 Å². The summed E-state index contributed by atoms with van der Waals surface area (Å²) in [4.78, 5) is 31.7. The van der Waals surface area contributed by atoms with Gasteiger partial charge in [-0.3, -0.25) is 14.2 Å². The van der Waals surface area contributed by atoms with Crippen molar-refractivity contribution in [3.8, 4) is 5.69 Å². The van der Waals surface area contributed by atoms with Crippen LogP contribution in [0.3, 0.4) is 0 Å². The van der Waals surface area contributed by atoms with E-state index in [9.17, 15) is 9.59 Å². The summed E-state index contributed by atoms with van der Waals surface area (Å²) in [5.74, 6) is 0.417. The lowest BCUT2D eigenvalue weighted by atomic mass is 10.0. The Labute approximate surface area is 202 Å². The van der Waals surface area contributed by atoms with Crippen LogP contribution in [0.1, 0.15) is 35.7 Å². The van der Waals surface area contributed by atoms with Gasteiger partial charge in [0.1, 0.15) is 0 Å². The third-order valence-electron chi connectivity index (χ3n) is 5.97. The Morgan fingerprint density at radius 1 is 0.853 bits per heavy atom. The number of hydrogen-bond donors (Lipinski definition) is 0. The van der Waals surface area contributed by atoms with Gasteiger partial charge in [0, 0.05) is 5.56 Å². The maximum absolute atomic E-state index is 13.6. The van der Waals surface area contributed by atoms with Gasteiger partial charge in [0.05, 0.1) is 22.3 Å². The lowest BCUT2D eigenvalue weighted by Crippen LogP contribution is -2.23. The summed E-state index contributed by atoms with van der Waals surface area (Å²) < 4.78 is 1.67. The van der Waals surface area contributed by atoms with Crippen LogP contribution in [0.25, 0.3) is 27.4 Å². The van der Waals surface area contributed by atoms with Crippen LogP contribution in [0.5, 0.6) is 0 Å². The smallest absolute Gasteiger partial charge is 0.266 e. The molecule has 0 unspecified atom stereocenters. The van der Waals surface area contributed by atoms with Crippen molar-refractivity contribution in [3.63, 3.8) is 0 Å². The summed E-state index contributed by atoms with van der Waals surface area (Å²) >= 11 is 1.31. The van der Waals surface area contributed by atoms with Gasteiger partial charge in [-0.05, 0) is 40.5 Å². The Kier molecular flexibility index (Phi) is 6.03. The van der Waals surface area contributed by atoms with Crippen molar-refractivity contribution in [1.29, 1.82) is 0 Å². The van der Waals surface area contributed by atoms with Gasteiger partial charge in [-0.15, -0.1) is 0 Å². The highest BCUT2D eigenvalue weighted by Crippen LogP contribution is 2.28. The fraction of sp³-hybridized carbons (Fsp3) is 0.138. The minimum Gasteiger partial charge on any atom is -0.293 e. The van der Waals surface area contributed by atoms with E-state index in [0.717, 1.165) is 22.0 Å². The summed E-state index contributed by atoms with van der Waals surface area (Å²) in [5, 5.41) is 3.05. The molecule has 0 bridgehead atoms. The minimum absolute atomic E-state index is 0.00732. The monoisotopic (exact) mass is 464 g/mol. The van der Waals surface area contributed by atoms with Gasteiger partial charge in [-0.2, -0.15) is 0 Å². The molecule has 0 aliphatic rings. The number of nitrogens with zero attached hydrogens (tertiary/aromatic N) is 2. The molecule has 5 aromatic rings. The van der Waals surface area contributed by atoms with E-state index in [1.807, 2.05) is 84.9 Å². The van der Waals surface area contributed by atoms with Crippen molar-refractivity contribution in [2.24, 2.45) is 0 Å². The SMILES string of the molecule is CC(C)c1ccccc1-n1c(SCC(=O)c2cccc3ccccc23)nc2ccccc2c1=O. The maximum atomic E-state index is 13.6. The van der Waals surface area contributed by atoms with Crippen LogP contribution in [0.2, 0.25) is 0 Å². The highest BCUT2D eigenvalue weighted by Gasteiger charge is 2.19. The number of Topliss-reactive ketones (excluding diaryl/α,β-unsaturated/α-hetero) is 1. The van der Waals surface area contributed by atoms with Gasteiger partial charge >= 0.3 is 0 Å². The first-order chi connectivity index (χ1) is 16.5. The van der Waals surface area contributed by atoms with Crippen LogP contribution < -0.4 is 5.56 Å². The lowest BCUT2D eigenvalue weighted by Gasteiger charge is -2.18. The summed E-state index contributed by atoms with van der Waals surface area (Å²) in [6.45, 7) is 4.21. The second-order valence-corrected chi connectivity index (χ2v) is 9.45. The molecule has 1 aromatic heterocycles. The zero-order valence-electron chi connectivity index (χ0n) is 19.1. The molecule has 1 heterocycles. The molecule has 0 atom stereocenters. The number of rotatable bonds is 6. The van der Waals surface area contributed by atoms with Gasteiger partial charge in [0.15, 0.2) is 10.9 Å². The number of hydrogen-bond acceptors (Lipinski definition) is 4. The topological polar surface area (TPSA) is 52.0 Å². The molecule has 0 N–H and O–H groups in total. The van der Waals surface area contributed by atoms with Crippen molar-refractivity contribution in [1.82, 2.24) is 9.55 Å². The summed E-state index contributed by atoms with van der Waals surface area (Å²) in [6, 6.07) is 28.9. The summed E-state index contributed by atoms with van der Waals surface area (Å²) in [5.41, 5.74) is 3.05. The van der Waals surface area contributed by atoms with E-state index in [-0.39, 0.29) is 23.0 Å². The molecule has 0 aliphatic carbocycles. The minimum atomic E-state index is -0.126. The number of para-hydroxylation sites is 2. The quantitative estimate of drug-likeness (QED) is 0.161. The average molecular weight is 465 g/mol. The summed E-state index contributed by atoms with van der Waals surface area (Å²) in [6.07, 6.45) is 0. The molecule has 0 saturated heterocycles. The van der Waals surface area contributed by atoms with E-state index < -0.39 is 0 Å². The second-order valence-electron chi connectivity index (χ2n) is 8.50. The van der Waals surface area contributed by atoms with E-state index >= 15 is 0 Å². The Morgan fingerprint density at radius 2 is 1.53 bits per heavy atom. The Bertz CT molecular complexity index is 1580. The van der Waals surface area contributed by atoms with Gasteiger partial charge in [0.2, 0.25) is 0 Å². The molecule has 0 saturated carbocycles. The molecule has 4 nitrogen and oxygen atoms in total. The highest BCUT2D eigenvalue weighted by molar-refractivity contribution is 7.99. The van der Waals surface area contributed by atoms with Crippen LogP contribution >= 0.6 is 11.8 Å². The first kappa shape index (κ1) is 22.1. The maximum Gasteiger partial charge on any atom is 0.266 e. The van der Waals surface area contributed by atoms with E-state index in [4.69, 9.17) is 4.98 Å². The fourth-order valence-corrected chi connectivity index (χ4v) is 5.17. The molecule has 34 heavy (non-hydrogen) atoms. The van der Waals surface area contributed by atoms with E-state index in [1.165, 1.54) is 11.8 Å². The van der Waals surface area contributed by atoms with Crippen molar-refractivity contribution >= 4 is 39.2 Å². The van der Waals surface area contributed by atoms with Gasteiger partial charge in [-0.1, -0.05) is 98.4 Å². The largest absolute Gasteiger partial charge is 0.293 e. The van der Waals surface area contributed by atoms with Gasteiger partial charge < -0.3 is 0 Å². The first-order valence-electron chi connectivity index (χ1n) is 11.3. The first-order valence-corrected chi connectivity index (χ1v) is 12.3. The third kappa shape index (κ3) is 4.03. The standard InChI is InChI=1S/C29H24N2O2S/c1-19(2)21-12-6-8-17-26(21)31-28(33)24-14-5-7-16-25(24)30-29(31)34-18-27(32)23-15-9-11-20-10-3-4-13-22(20)23/h3-17,19H,18H2,1-2H3. The van der Waals surface area contributed by atoms with Crippen LogP contribution in [0.15, 0.2) is 101 Å². The van der Waals surface area contributed by atoms with E-state index in [2.05, 4.69) is 13.8 Å². The number of carbonyl (C=O) groups excluding carboxylic acids is 1. The average Bonchev–Trinajstić information content (AvgIpc) is 2.87. The lowest BCUT2D eigenvalue weighted by molar-refractivity contribution is 0.102. The zero-order chi connectivity index (χ0) is 23.7. The number of ketones is 1. The zero-order valence-corrected chi connectivity index (χ0v) is 19.9. The fourth-order valence-electron chi connectivity index (χ4n) is 4.28. The Morgan fingerprint density at radius 3 is 2.35 bits per heavy atom. The molecule has 0 amide bonds.